The number of esters is 1. The second-order valence-corrected chi connectivity index (χ2v) is 7.43. The quantitative estimate of drug-likeness (QED) is 0.215. The summed E-state index contributed by atoms with van der Waals surface area (Å²) in [7, 11) is 3.21. The van der Waals surface area contributed by atoms with Gasteiger partial charge in [-0.2, -0.15) is 0 Å². The van der Waals surface area contributed by atoms with Crippen molar-refractivity contribution in [2.75, 3.05) is 45.7 Å². The molecule has 1 aromatic carbocycles. The Kier molecular flexibility index (Phi) is 8.08. The Hall–Kier alpha value is -1.62. The van der Waals surface area contributed by atoms with Crippen LogP contribution < -0.4 is 10.6 Å². The number of guanidine groups is 1. The number of ether oxygens (including phenoxy) is 1. The fourth-order valence-corrected chi connectivity index (χ4v) is 4.11. The molecule has 0 bridgehead atoms. The zero-order valence-corrected chi connectivity index (χ0v) is 18.9. The summed E-state index contributed by atoms with van der Waals surface area (Å²) in [5.41, 5.74) is 1.02. The molecule has 2 heterocycles. The van der Waals surface area contributed by atoms with Gasteiger partial charge in [-0.1, -0.05) is 30.4 Å². The van der Waals surface area contributed by atoms with Crippen LogP contribution in [0.3, 0.4) is 0 Å². The van der Waals surface area contributed by atoms with Crippen molar-refractivity contribution in [2.45, 2.75) is 6.92 Å². The monoisotopic (exact) mass is 503 g/mol. The van der Waals surface area contributed by atoms with E-state index >= 15 is 0 Å². The molecule has 0 radical (unpaired) electrons. The van der Waals surface area contributed by atoms with Crippen molar-refractivity contribution in [1.82, 2.24) is 15.2 Å². The lowest BCUT2D eigenvalue weighted by Gasteiger charge is -2.21. The van der Waals surface area contributed by atoms with E-state index < -0.39 is 0 Å². The molecule has 9 heteroatoms. The minimum atomic E-state index is -0.145. The van der Waals surface area contributed by atoms with Gasteiger partial charge in [0.05, 0.1) is 23.2 Å². The number of anilines is 1. The Morgan fingerprint density at radius 1 is 1.37 bits per heavy atom. The van der Waals surface area contributed by atoms with Crippen LogP contribution in [0.4, 0.5) is 5.13 Å². The Morgan fingerprint density at radius 3 is 2.85 bits per heavy atom. The topological polar surface area (TPSA) is 78.9 Å². The third-order valence-electron chi connectivity index (χ3n) is 4.61. The number of aliphatic imine (C=N–C) groups is 1. The fourth-order valence-electron chi connectivity index (χ4n) is 3.22. The van der Waals surface area contributed by atoms with E-state index in [4.69, 9.17) is 4.74 Å². The second kappa shape index (κ2) is 10.1. The first-order valence-corrected chi connectivity index (χ1v) is 9.57. The molecular formula is C18H26IN5O2S. The molecule has 2 unspecified atom stereocenters. The van der Waals surface area contributed by atoms with Crippen LogP contribution in [0.1, 0.15) is 6.92 Å². The van der Waals surface area contributed by atoms with Gasteiger partial charge in [-0.25, -0.2) is 4.98 Å². The van der Waals surface area contributed by atoms with Crippen molar-refractivity contribution in [3.63, 3.8) is 0 Å². The molecule has 2 atom stereocenters. The highest BCUT2D eigenvalue weighted by atomic mass is 127. The van der Waals surface area contributed by atoms with Gasteiger partial charge in [0, 0.05) is 33.2 Å². The normalized spacial score (nSPS) is 19.7. The van der Waals surface area contributed by atoms with Crippen LogP contribution >= 0.6 is 35.3 Å². The molecule has 0 amide bonds. The van der Waals surface area contributed by atoms with E-state index in [1.807, 2.05) is 18.2 Å². The number of likely N-dealkylation sites (tertiary alicyclic amines) is 1. The number of para-hydroxylation sites is 1. The van der Waals surface area contributed by atoms with Gasteiger partial charge < -0.3 is 20.3 Å². The Labute approximate surface area is 180 Å². The number of nitrogens with one attached hydrogen (secondary N) is 2. The van der Waals surface area contributed by atoms with Crippen LogP contribution in [0.5, 0.6) is 0 Å². The molecule has 1 fully saturated rings. The highest BCUT2D eigenvalue weighted by Gasteiger charge is 2.36. The summed E-state index contributed by atoms with van der Waals surface area (Å²) in [6, 6.07) is 8.11. The molecule has 1 saturated heterocycles. The minimum absolute atomic E-state index is 0. The first kappa shape index (κ1) is 21.7. The number of methoxy groups -OCH3 is 1. The lowest BCUT2D eigenvalue weighted by Crippen LogP contribution is -2.42. The standard InChI is InChI=1S/C18H25N5O2S.HI/c1-12-10-23(11-13(12)16(24)25-3)17(19-2)20-8-9-21-18-22-14-6-4-5-7-15(14)26-18;/h4-7,12-13H,8-11H2,1-3H3,(H,19,20)(H,21,22);1H. The molecule has 3 rings (SSSR count). The minimum Gasteiger partial charge on any atom is -0.469 e. The first-order valence-electron chi connectivity index (χ1n) is 8.75. The zero-order valence-electron chi connectivity index (χ0n) is 15.8. The van der Waals surface area contributed by atoms with Crippen molar-refractivity contribution in [3.05, 3.63) is 24.3 Å². The van der Waals surface area contributed by atoms with E-state index in [1.165, 1.54) is 11.8 Å². The second-order valence-electron chi connectivity index (χ2n) is 6.40. The molecule has 27 heavy (non-hydrogen) atoms. The highest BCUT2D eigenvalue weighted by Crippen LogP contribution is 2.25. The SMILES string of the molecule is CN=C(NCCNc1nc2ccccc2s1)N1CC(C)C(C(=O)OC)C1.I. The van der Waals surface area contributed by atoms with Crippen molar-refractivity contribution < 1.29 is 9.53 Å². The van der Waals surface area contributed by atoms with Gasteiger partial charge in [-0.15, -0.1) is 24.0 Å². The number of halogens is 1. The van der Waals surface area contributed by atoms with E-state index in [0.29, 0.717) is 6.54 Å². The van der Waals surface area contributed by atoms with E-state index in [2.05, 4.69) is 38.5 Å². The Morgan fingerprint density at radius 2 is 2.15 bits per heavy atom. The maximum atomic E-state index is 11.8. The molecular weight excluding hydrogens is 477 g/mol. The van der Waals surface area contributed by atoms with Crippen LogP contribution in [0.15, 0.2) is 29.3 Å². The molecule has 1 aliphatic rings. The summed E-state index contributed by atoms with van der Waals surface area (Å²) in [5, 5.41) is 7.62. The van der Waals surface area contributed by atoms with Gasteiger partial charge in [0.2, 0.25) is 0 Å². The van der Waals surface area contributed by atoms with Crippen LogP contribution in [-0.2, 0) is 9.53 Å². The summed E-state index contributed by atoms with van der Waals surface area (Å²) in [6.07, 6.45) is 0. The average Bonchev–Trinajstić information content (AvgIpc) is 3.24. The lowest BCUT2D eigenvalue weighted by molar-refractivity contribution is -0.145. The van der Waals surface area contributed by atoms with E-state index in [-0.39, 0.29) is 41.8 Å². The molecule has 1 aliphatic heterocycles. The number of thiazole rings is 1. The summed E-state index contributed by atoms with van der Waals surface area (Å²) >= 11 is 1.65. The summed E-state index contributed by atoms with van der Waals surface area (Å²) in [6.45, 7) is 4.96. The largest absolute Gasteiger partial charge is 0.469 e. The summed E-state index contributed by atoms with van der Waals surface area (Å²) in [4.78, 5) is 22.9. The van der Waals surface area contributed by atoms with Gasteiger partial charge in [-0.3, -0.25) is 9.79 Å². The Balaban J connectivity index is 0.00000261. The van der Waals surface area contributed by atoms with Crippen molar-refractivity contribution in [1.29, 1.82) is 0 Å². The highest BCUT2D eigenvalue weighted by molar-refractivity contribution is 14.0. The van der Waals surface area contributed by atoms with Gasteiger partial charge in [0.25, 0.3) is 0 Å². The van der Waals surface area contributed by atoms with E-state index in [1.54, 1.807) is 18.4 Å². The van der Waals surface area contributed by atoms with E-state index in [9.17, 15) is 4.79 Å². The third kappa shape index (κ3) is 5.22. The maximum Gasteiger partial charge on any atom is 0.310 e. The molecule has 0 aliphatic carbocycles. The maximum absolute atomic E-state index is 11.8. The summed E-state index contributed by atoms with van der Waals surface area (Å²) < 4.78 is 6.08. The summed E-state index contributed by atoms with van der Waals surface area (Å²) in [5.74, 6) is 0.823. The molecule has 0 spiro atoms. The molecule has 7 nitrogen and oxygen atoms in total. The number of nitrogens with zero attached hydrogens (tertiary/aromatic N) is 3. The number of aromatic nitrogens is 1. The lowest BCUT2D eigenvalue weighted by atomic mass is 9.99. The molecule has 1 aromatic heterocycles. The van der Waals surface area contributed by atoms with Crippen LogP contribution in [0, 0.1) is 11.8 Å². The zero-order chi connectivity index (χ0) is 18.5. The molecule has 0 saturated carbocycles. The van der Waals surface area contributed by atoms with Crippen LogP contribution in [-0.4, -0.2) is 62.1 Å². The van der Waals surface area contributed by atoms with Crippen LogP contribution in [0.2, 0.25) is 0 Å². The molecule has 148 valence electrons. The van der Waals surface area contributed by atoms with Crippen molar-refractivity contribution in [2.24, 2.45) is 16.8 Å². The van der Waals surface area contributed by atoms with Gasteiger partial charge in [0.15, 0.2) is 11.1 Å². The number of carbonyl (C=O) groups is 1. The van der Waals surface area contributed by atoms with E-state index in [0.717, 1.165) is 36.2 Å². The smallest absolute Gasteiger partial charge is 0.310 e. The van der Waals surface area contributed by atoms with Crippen LogP contribution in [0.25, 0.3) is 10.2 Å². The van der Waals surface area contributed by atoms with Crippen molar-refractivity contribution >= 4 is 62.6 Å². The number of hydrogen-bond donors (Lipinski definition) is 2. The number of carbonyl (C=O) groups excluding carboxylic acids is 1. The number of fused-ring (bicyclic) bond motifs is 1. The number of benzene rings is 1. The van der Waals surface area contributed by atoms with Gasteiger partial charge >= 0.3 is 5.97 Å². The molecule has 2 aromatic rings. The predicted molar refractivity (Wildman–Crippen MR) is 121 cm³/mol. The Bertz CT molecular complexity index is 764. The number of hydrogen-bond acceptors (Lipinski definition) is 6. The first-order chi connectivity index (χ1) is 12.6. The van der Waals surface area contributed by atoms with Gasteiger partial charge in [-0.05, 0) is 18.1 Å². The fraction of sp³-hybridized carbons (Fsp3) is 0.500. The van der Waals surface area contributed by atoms with Crippen molar-refractivity contribution in [3.8, 4) is 0 Å². The number of rotatable bonds is 5. The van der Waals surface area contributed by atoms with Gasteiger partial charge in [0.1, 0.15) is 0 Å². The average molecular weight is 503 g/mol. The predicted octanol–water partition coefficient (Wildman–Crippen LogP) is 2.64. The molecule has 2 N–H and O–H groups in total. The third-order valence-corrected chi connectivity index (χ3v) is 5.60.